The fourth-order valence-corrected chi connectivity index (χ4v) is 4.73. The molecular weight excluding hydrogens is 374 g/mol. The van der Waals surface area contributed by atoms with Gasteiger partial charge in [0, 0.05) is 23.4 Å². The van der Waals surface area contributed by atoms with Gasteiger partial charge in [0.2, 0.25) is 0 Å². The molecule has 0 atom stereocenters. The highest BCUT2D eigenvalue weighted by Crippen LogP contribution is 2.34. The number of aromatic nitrogens is 3. The third-order valence-corrected chi connectivity index (χ3v) is 6.15. The molecule has 6 nitrogen and oxygen atoms in total. The Bertz CT molecular complexity index is 1070. The van der Waals surface area contributed by atoms with Gasteiger partial charge in [-0.05, 0) is 37.3 Å². The number of esters is 1. The van der Waals surface area contributed by atoms with Crippen molar-refractivity contribution in [3.8, 4) is 5.82 Å². The second-order valence-electron chi connectivity index (χ2n) is 6.19. The highest BCUT2D eigenvalue weighted by Gasteiger charge is 2.21. The van der Waals surface area contributed by atoms with Gasteiger partial charge in [0.25, 0.3) is 5.56 Å². The SMILES string of the molecule is CC(=O)OCc1c(Cl)ccnc1-n1ncc2c3c(sc2c1=O)CCCC3. The lowest BCUT2D eigenvalue weighted by atomic mass is 9.97. The molecular formula is C18H16ClN3O3S. The topological polar surface area (TPSA) is 74.1 Å². The Morgan fingerprint density at radius 2 is 2.19 bits per heavy atom. The Kier molecular flexibility index (Phi) is 4.50. The zero-order valence-corrected chi connectivity index (χ0v) is 15.7. The third kappa shape index (κ3) is 2.91. The summed E-state index contributed by atoms with van der Waals surface area (Å²) in [6.45, 7) is 1.25. The third-order valence-electron chi connectivity index (χ3n) is 4.50. The predicted molar refractivity (Wildman–Crippen MR) is 100 cm³/mol. The van der Waals surface area contributed by atoms with Crippen LogP contribution < -0.4 is 5.56 Å². The largest absolute Gasteiger partial charge is 0.461 e. The highest BCUT2D eigenvalue weighted by atomic mass is 35.5. The summed E-state index contributed by atoms with van der Waals surface area (Å²) in [4.78, 5) is 29.8. The molecule has 0 saturated carbocycles. The molecule has 3 aromatic rings. The van der Waals surface area contributed by atoms with E-state index in [1.165, 1.54) is 28.2 Å². The van der Waals surface area contributed by atoms with Gasteiger partial charge in [-0.3, -0.25) is 9.59 Å². The number of hydrogen-bond acceptors (Lipinski definition) is 6. The summed E-state index contributed by atoms with van der Waals surface area (Å²) in [5, 5.41) is 5.65. The van der Waals surface area contributed by atoms with Crippen LogP contribution in [0.1, 0.15) is 35.8 Å². The molecule has 134 valence electrons. The number of thiophene rings is 1. The van der Waals surface area contributed by atoms with E-state index >= 15 is 0 Å². The van der Waals surface area contributed by atoms with Crippen LogP contribution in [0.3, 0.4) is 0 Å². The molecule has 3 aromatic heterocycles. The number of pyridine rings is 1. The lowest BCUT2D eigenvalue weighted by molar-refractivity contribution is -0.142. The predicted octanol–water partition coefficient (Wildman–Crippen LogP) is 3.44. The van der Waals surface area contributed by atoms with E-state index in [9.17, 15) is 9.59 Å². The number of aryl methyl sites for hydroxylation is 2. The van der Waals surface area contributed by atoms with Gasteiger partial charge in [0.1, 0.15) is 11.3 Å². The lowest BCUT2D eigenvalue weighted by Crippen LogP contribution is -2.23. The quantitative estimate of drug-likeness (QED) is 0.641. The molecule has 26 heavy (non-hydrogen) atoms. The van der Waals surface area contributed by atoms with Crippen molar-refractivity contribution in [1.82, 2.24) is 14.8 Å². The number of carbonyl (C=O) groups excluding carboxylic acids is 1. The minimum Gasteiger partial charge on any atom is -0.461 e. The number of nitrogens with zero attached hydrogens (tertiary/aromatic N) is 3. The normalized spacial score (nSPS) is 13.6. The van der Waals surface area contributed by atoms with Crippen LogP contribution in [0.2, 0.25) is 5.02 Å². The summed E-state index contributed by atoms with van der Waals surface area (Å²) in [5.41, 5.74) is 1.49. The van der Waals surface area contributed by atoms with Crippen LogP contribution in [0, 0.1) is 0 Å². The highest BCUT2D eigenvalue weighted by molar-refractivity contribution is 7.19. The van der Waals surface area contributed by atoms with E-state index in [1.54, 1.807) is 23.6 Å². The van der Waals surface area contributed by atoms with E-state index < -0.39 is 5.97 Å². The first kappa shape index (κ1) is 17.2. The molecule has 1 aliphatic carbocycles. The second-order valence-corrected chi connectivity index (χ2v) is 7.70. The minimum absolute atomic E-state index is 0.0650. The van der Waals surface area contributed by atoms with Crippen LogP contribution in [-0.4, -0.2) is 20.7 Å². The van der Waals surface area contributed by atoms with E-state index in [0.29, 0.717) is 15.3 Å². The maximum absolute atomic E-state index is 13.1. The molecule has 0 spiro atoms. The molecule has 8 heteroatoms. The van der Waals surface area contributed by atoms with Crippen molar-refractivity contribution in [2.45, 2.75) is 39.2 Å². The van der Waals surface area contributed by atoms with Crippen LogP contribution in [0.4, 0.5) is 0 Å². The minimum atomic E-state index is -0.433. The zero-order chi connectivity index (χ0) is 18.3. The average Bonchev–Trinajstić information content (AvgIpc) is 3.01. The van der Waals surface area contributed by atoms with Crippen LogP contribution in [-0.2, 0) is 29.0 Å². The van der Waals surface area contributed by atoms with Crippen LogP contribution in [0.5, 0.6) is 0 Å². The van der Waals surface area contributed by atoms with Crippen molar-refractivity contribution in [3.63, 3.8) is 0 Å². The van der Waals surface area contributed by atoms with Gasteiger partial charge in [-0.25, -0.2) is 4.98 Å². The second kappa shape index (κ2) is 6.81. The number of fused-ring (bicyclic) bond motifs is 3. The summed E-state index contributed by atoms with van der Waals surface area (Å²) < 4.78 is 6.99. The maximum atomic E-state index is 13.1. The van der Waals surface area contributed by atoms with Crippen molar-refractivity contribution in [1.29, 1.82) is 0 Å². The first-order valence-corrected chi connectivity index (χ1v) is 9.55. The van der Waals surface area contributed by atoms with Crippen molar-refractivity contribution in [2.24, 2.45) is 0 Å². The molecule has 0 N–H and O–H groups in total. The molecule has 0 fully saturated rings. The molecule has 0 aromatic carbocycles. The number of rotatable bonds is 3. The van der Waals surface area contributed by atoms with Gasteiger partial charge < -0.3 is 4.74 Å². The summed E-state index contributed by atoms with van der Waals surface area (Å²) >= 11 is 7.79. The smallest absolute Gasteiger partial charge is 0.302 e. The van der Waals surface area contributed by atoms with Gasteiger partial charge in [-0.1, -0.05) is 11.6 Å². The van der Waals surface area contributed by atoms with Gasteiger partial charge in [-0.2, -0.15) is 9.78 Å². The van der Waals surface area contributed by atoms with E-state index in [0.717, 1.165) is 31.1 Å². The van der Waals surface area contributed by atoms with E-state index in [4.69, 9.17) is 16.3 Å². The molecule has 0 amide bonds. The monoisotopic (exact) mass is 389 g/mol. The first-order chi connectivity index (χ1) is 12.6. The van der Waals surface area contributed by atoms with Crippen molar-refractivity contribution in [3.05, 3.63) is 49.8 Å². The fraction of sp³-hybridized carbons (Fsp3) is 0.333. The Labute approximate surface area is 158 Å². The molecule has 0 bridgehead atoms. The molecule has 1 aliphatic rings. The fourth-order valence-electron chi connectivity index (χ4n) is 3.25. The van der Waals surface area contributed by atoms with Gasteiger partial charge in [-0.15, -0.1) is 11.3 Å². The van der Waals surface area contributed by atoms with Gasteiger partial charge >= 0.3 is 5.97 Å². The molecule has 3 heterocycles. The van der Waals surface area contributed by atoms with E-state index in [-0.39, 0.29) is 18.0 Å². The Morgan fingerprint density at radius 3 is 3.00 bits per heavy atom. The summed E-state index contributed by atoms with van der Waals surface area (Å²) in [7, 11) is 0. The summed E-state index contributed by atoms with van der Waals surface area (Å²) in [6.07, 6.45) is 7.55. The number of carbonyl (C=O) groups is 1. The molecule has 0 radical (unpaired) electrons. The van der Waals surface area contributed by atoms with Gasteiger partial charge in [0.15, 0.2) is 5.82 Å². The standard InChI is InChI=1S/C18H16ClN3O3S/c1-10(23)25-9-13-14(19)6-7-20-17(13)22-18(24)16-12(8-21-22)11-4-2-3-5-15(11)26-16/h6-8H,2-5,9H2,1H3. The van der Waals surface area contributed by atoms with Gasteiger partial charge in [0.05, 0.1) is 16.8 Å². The summed E-state index contributed by atoms with van der Waals surface area (Å²) in [5.74, 6) is -0.144. The summed E-state index contributed by atoms with van der Waals surface area (Å²) in [6, 6.07) is 1.59. The molecule has 0 aliphatic heterocycles. The molecule has 4 rings (SSSR count). The zero-order valence-electron chi connectivity index (χ0n) is 14.1. The van der Waals surface area contributed by atoms with Crippen LogP contribution in [0.25, 0.3) is 15.9 Å². The molecule has 0 unspecified atom stereocenters. The van der Waals surface area contributed by atoms with Crippen molar-refractivity contribution >= 4 is 39.0 Å². The van der Waals surface area contributed by atoms with Crippen molar-refractivity contribution < 1.29 is 9.53 Å². The Morgan fingerprint density at radius 1 is 1.38 bits per heavy atom. The van der Waals surface area contributed by atoms with Crippen LogP contribution in [0.15, 0.2) is 23.3 Å². The average molecular weight is 390 g/mol. The Hall–Kier alpha value is -2.25. The van der Waals surface area contributed by atoms with Crippen LogP contribution >= 0.6 is 22.9 Å². The number of ether oxygens (including phenoxy) is 1. The number of halogens is 1. The number of hydrogen-bond donors (Lipinski definition) is 0. The lowest BCUT2D eigenvalue weighted by Gasteiger charge is -2.12. The maximum Gasteiger partial charge on any atom is 0.302 e. The Balaban J connectivity index is 1.88. The van der Waals surface area contributed by atoms with Crippen molar-refractivity contribution in [2.75, 3.05) is 0 Å². The van der Waals surface area contributed by atoms with E-state index in [2.05, 4.69) is 10.1 Å². The van der Waals surface area contributed by atoms with E-state index in [1.807, 2.05) is 0 Å². The first-order valence-electron chi connectivity index (χ1n) is 8.36. The molecule has 0 saturated heterocycles.